The molecule has 0 saturated heterocycles. The summed E-state index contributed by atoms with van der Waals surface area (Å²) in [6.07, 6.45) is 3.52. The molecule has 0 aliphatic rings. The highest BCUT2D eigenvalue weighted by Crippen LogP contribution is 2.32. The Hall–Kier alpha value is -2.40. The van der Waals surface area contributed by atoms with E-state index in [2.05, 4.69) is 43.1 Å². The summed E-state index contributed by atoms with van der Waals surface area (Å²) in [6, 6.07) is 6.25. The van der Waals surface area contributed by atoms with Crippen LogP contribution in [0.15, 0.2) is 24.4 Å². The molecular weight excluding hydrogens is 322 g/mol. The van der Waals surface area contributed by atoms with Gasteiger partial charge < -0.3 is 0 Å². The Bertz CT molecular complexity index is 1060. The zero-order chi connectivity index (χ0) is 16.8. The maximum absolute atomic E-state index is 6.43. The number of nitrogens with zero attached hydrogens (tertiary/aromatic N) is 4. The van der Waals surface area contributed by atoms with Crippen LogP contribution in [0.4, 0.5) is 0 Å². The standard InChI is InChI=1S/C18H18ClN5/c1-4-11-6-10(3)17(24-18(11)21-15(5-2)23-24)12-7-13-9-20-22-16(13)14(19)8-12/h6-9H,4-5H2,1-3H3,(H,20,22). The van der Waals surface area contributed by atoms with E-state index in [0.29, 0.717) is 5.02 Å². The van der Waals surface area contributed by atoms with Gasteiger partial charge in [0.05, 0.1) is 22.4 Å². The number of fused-ring (bicyclic) bond motifs is 2. The Balaban J connectivity index is 2.07. The van der Waals surface area contributed by atoms with Crippen LogP contribution in [0.25, 0.3) is 27.8 Å². The number of halogens is 1. The van der Waals surface area contributed by atoms with Gasteiger partial charge in [-0.15, -0.1) is 0 Å². The number of aromatic amines is 1. The minimum atomic E-state index is 0.656. The van der Waals surface area contributed by atoms with Crippen LogP contribution >= 0.6 is 11.6 Å². The lowest BCUT2D eigenvalue weighted by Gasteiger charge is -2.12. The van der Waals surface area contributed by atoms with Crippen LogP contribution in [-0.4, -0.2) is 24.8 Å². The second-order valence-electron chi connectivity index (χ2n) is 5.96. The zero-order valence-electron chi connectivity index (χ0n) is 13.9. The Kier molecular flexibility index (Phi) is 3.53. The average molecular weight is 340 g/mol. The molecule has 4 rings (SSSR count). The van der Waals surface area contributed by atoms with Crippen LogP contribution in [0.2, 0.25) is 5.02 Å². The number of nitrogens with one attached hydrogen (secondary N) is 1. The molecule has 0 spiro atoms. The quantitative estimate of drug-likeness (QED) is 0.603. The predicted molar refractivity (Wildman–Crippen MR) is 96.6 cm³/mol. The summed E-state index contributed by atoms with van der Waals surface area (Å²) in [5.41, 5.74) is 6.20. The smallest absolute Gasteiger partial charge is 0.159 e. The highest BCUT2D eigenvalue weighted by molar-refractivity contribution is 6.35. The van der Waals surface area contributed by atoms with E-state index < -0.39 is 0 Å². The van der Waals surface area contributed by atoms with Gasteiger partial charge in [-0.25, -0.2) is 9.50 Å². The lowest BCUT2D eigenvalue weighted by Crippen LogP contribution is -2.01. The van der Waals surface area contributed by atoms with Crippen molar-refractivity contribution in [2.45, 2.75) is 33.6 Å². The second-order valence-corrected chi connectivity index (χ2v) is 6.37. The molecule has 4 aromatic rings. The molecule has 0 aliphatic carbocycles. The van der Waals surface area contributed by atoms with Gasteiger partial charge in [-0.1, -0.05) is 31.5 Å². The van der Waals surface area contributed by atoms with Gasteiger partial charge in [-0.2, -0.15) is 10.2 Å². The fourth-order valence-corrected chi connectivity index (χ4v) is 3.46. The summed E-state index contributed by atoms with van der Waals surface area (Å²) in [7, 11) is 0. The predicted octanol–water partition coefficient (Wildman–Crippen LogP) is 4.36. The second kappa shape index (κ2) is 5.60. The number of aromatic nitrogens is 5. The van der Waals surface area contributed by atoms with Gasteiger partial charge in [0.1, 0.15) is 0 Å². The van der Waals surface area contributed by atoms with E-state index >= 15 is 0 Å². The van der Waals surface area contributed by atoms with Gasteiger partial charge in [-0.3, -0.25) is 5.10 Å². The van der Waals surface area contributed by atoms with Crippen LogP contribution in [0, 0.1) is 6.92 Å². The highest BCUT2D eigenvalue weighted by Gasteiger charge is 2.16. The molecule has 0 bridgehead atoms. The first kappa shape index (κ1) is 15.1. The van der Waals surface area contributed by atoms with E-state index in [0.717, 1.165) is 52.0 Å². The van der Waals surface area contributed by atoms with Gasteiger partial charge in [0.2, 0.25) is 0 Å². The first-order valence-corrected chi connectivity index (χ1v) is 8.51. The lowest BCUT2D eigenvalue weighted by molar-refractivity contribution is 0.884. The highest BCUT2D eigenvalue weighted by atomic mass is 35.5. The summed E-state index contributed by atoms with van der Waals surface area (Å²) < 4.78 is 1.96. The molecule has 24 heavy (non-hydrogen) atoms. The normalized spacial score (nSPS) is 11.7. The lowest BCUT2D eigenvalue weighted by atomic mass is 10.0. The molecule has 1 aromatic carbocycles. The Morgan fingerprint density at radius 1 is 1.17 bits per heavy atom. The minimum Gasteiger partial charge on any atom is -0.276 e. The summed E-state index contributed by atoms with van der Waals surface area (Å²) >= 11 is 6.43. The van der Waals surface area contributed by atoms with Crippen molar-refractivity contribution in [2.24, 2.45) is 0 Å². The van der Waals surface area contributed by atoms with Crippen molar-refractivity contribution < 1.29 is 0 Å². The SMILES string of the molecule is CCc1nc2c(CC)cc(C)c(-c3cc(Cl)c4[nH]ncc4c3)n2n1. The Morgan fingerprint density at radius 3 is 2.75 bits per heavy atom. The van der Waals surface area contributed by atoms with E-state index in [1.807, 2.05) is 10.6 Å². The summed E-state index contributed by atoms with van der Waals surface area (Å²) in [5.74, 6) is 0.854. The number of pyridine rings is 1. The van der Waals surface area contributed by atoms with Crippen LogP contribution in [-0.2, 0) is 12.8 Å². The van der Waals surface area contributed by atoms with Crippen molar-refractivity contribution >= 4 is 28.2 Å². The van der Waals surface area contributed by atoms with E-state index in [1.54, 1.807) is 6.20 Å². The van der Waals surface area contributed by atoms with Crippen molar-refractivity contribution in [3.05, 3.63) is 46.4 Å². The third kappa shape index (κ3) is 2.19. The number of hydrogen-bond donors (Lipinski definition) is 1. The largest absolute Gasteiger partial charge is 0.276 e. The van der Waals surface area contributed by atoms with Crippen molar-refractivity contribution in [1.82, 2.24) is 24.8 Å². The van der Waals surface area contributed by atoms with E-state index in [1.165, 1.54) is 5.56 Å². The van der Waals surface area contributed by atoms with Crippen LogP contribution in [0.1, 0.15) is 30.8 Å². The first-order chi connectivity index (χ1) is 11.6. The molecule has 3 heterocycles. The van der Waals surface area contributed by atoms with Crippen LogP contribution in [0.3, 0.4) is 0 Å². The van der Waals surface area contributed by atoms with E-state index in [9.17, 15) is 0 Å². The molecule has 0 unspecified atom stereocenters. The Labute approximate surface area is 144 Å². The number of rotatable bonds is 3. The van der Waals surface area contributed by atoms with Gasteiger partial charge >= 0.3 is 0 Å². The van der Waals surface area contributed by atoms with Crippen molar-refractivity contribution in [3.63, 3.8) is 0 Å². The monoisotopic (exact) mass is 339 g/mol. The molecule has 0 fully saturated rings. The molecule has 122 valence electrons. The molecule has 6 heteroatoms. The molecule has 0 aliphatic heterocycles. The molecule has 0 amide bonds. The van der Waals surface area contributed by atoms with Crippen molar-refractivity contribution in [1.29, 1.82) is 0 Å². The molecule has 1 N–H and O–H groups in total. The van der Waals surface area contributed by atoms with E-state index in [-0.39, 0.29) is 0 Å². The summed E-state index contributed by atoms with van der Waals surface area (Å²) in [5, 5.41) is 13.4. The zero-order valence-corrected chi connectivity index (χ0v) is 14.6. The summed E-state index contributed by atoms with van der Waals surface area (Å²) in [4.78, 5) is 4.70. The molecular formula is C18H18ClN5. The summed E-state index contributed by atoms with van der Waals surface area (Å²) in [6.45, 7) is 6.32. The molecule has 0 radical (unpaired) electrons. The van der Waals surface area contributed by atoms with Crippen LogP contribution < -0.4 is 0 Å². The third-order valence-corrected chi connectivity index (χ3v) is 4.68. The van der Waals surface area contributed by atoms with Gasteiger partial charge in [0, 0.05) is 17.4 Å². The van der Waals surface area contributed by atoms with Gasteiger partial charge in [-0.05, 0) is 36.6 Å². The third-order valence-electron chi connectivity index (χ3n) is 4.39. The van der Waals surface area contributed by atoms with Crippen molar-refractivity contribution in [2.75, 3.05) is 0 Å². The number of aryl methyl sites for hydroxylation is 3. The molecule has 0 atom stereocenters. The minimum absolute atomic E-state index is 0.656. The number of benzene rings is 1. The molecule has 5 nitrogen and oxygen atoms in total. The van der Waals surface area contributed by atoms with Crippen molar-refractivity contribution in [3.8, 4) is 11.3 Å². The fraction of sp³-hybridized carbons (Fsp3) is 0.278. The van der Waals surface area contributed by atoms with Crippen LogP contribution in [0.5, 0.6) is 0 Å². The fourth-order valence-electron chi connectivity index (χ4n) is 3.19. The maximum atomic E-state index is 6.43. The number of hydrogen-bond acceptors (Lipinski definition) is 3. The maximum Gasteiger partial charge on any atom is 0.159 e. The Morgan fingerprint density at radius 2 is 2.00 bits per heavy atom. The molecule has 0 saturated carbocycles. The van der Waals surface area contributed by atoms with Gasteiger partial charge in [0.25, 0.3) is 0 Å². The topological polar surface area (TPSA) is 58.9 Å². The first-order valence-electron chi connectivity index (χ1n) is 8.13. The number of H-pyrrole nitrogens is 1. The van der Waals surface area contributed by atoms with Gasteiger partial charge in [0.15, 0.2) is 11.5 Å². The average Bonchev–Trinajstić information content (AvgIpc) is 3.20. The molecule has 3 aromatic heterocycles. The van der Waals surface area contributed by atoms with E-state index in [4.69, 9.17) is 21.7 Å².